The van der Waals surface area contributed by atoms with Gasteiger partial charge in [0.1, 0.15) is 5.75 Å². The summed E-state index contributed by atoms with van der Waals surface area (Å²) in [5.74, 6) is 0.923. The fraction of sp³-hybridized carbons (Fsp3) is 0.533. The second-order valence-electron chi connectivity index (χ2n) is 5.56. The summed E-state index contributed by atoms with van der Waals surface area (Å²) >= 11 is 0. The normalized spacial score (nSPS) is 23.4. The van der Waals surface area contributed by atoms with Gasteiger partial charge in [-0.15, -0.1) is 0 Å². The van der Waals surface area contributed by atoms with E-state index in [4.69, 9.17) is 10.5 Å². The quantitative estimate of drug-likeness (QED) is 0.818. The lowest BCUT2D eigenvalue weighted by Gasteiger charge is -2.35. The highest BCUT2D eigenvalue weighted by Gasteiger charge is 2.25. The van der Waals surface area contributed by atoms with Gasteiger partial charge >= 0.3 is 0 Å². The molecule has 0 saturated carbocycles. The van der Waals surface area contributed by atoms with Crippen LogP contribution in [0.15, 0.2) is 18.2 Å². The van der Waals surface area contributed by atoms with Gasteiger partial charge in [0.05, 0.1) is 12.8 Å². The number of amides is 1. The van der Waals surface area contributed by atoms with Gasteiger partial charge in [-0.25, -0.2) is 0 Å². The molecule has 1 aromatic carbocycles. The molecule has 1 heterocycles. The number of nitrogen functional groups attached to an aromatic ring is 1. The average Bonchev–Trinajstić information content (AvgIpc) is 2.42. The second kappa shape index (κ2) is 6.13. The van der Waals surface area contributed by atoms with Crippen LogP contribution < -0.4 is 15.8 Å². The lowest BCUT2D eigenvalue weighted by atomic mass is 9.94. The van der Waals surface area contributed by atoms with Crippen molar-refractivity contribution in [2.45, 2.75) is 19.4 Å². The van der Waals surface area contributed by atoms with E-state index < -0.39 is 0 Å². The van der Waals surface area contributed by atoms with Crippen LogP contribution in [0.2, 0.25) is 0 Å². The lowest BCUT2D eigenvalue weighted by molar-refractivity contribution is 0.0883. The van der Waals surface area contributed by atoms with Gasteiger partial charge in [-0.05, 0) is 44.1 Å². The number of nitrogens with two attached hydrogens (primary N) is 1. The Balaban J connectivity index is 2.05. The molecule has 1 amide bonds. The van der Waals surface area contributed by atoms with Gasteiger partial charge in [-0.1, -0.05) is 6.92 Å². The molecule has 0 bridgehead atoms. The molecule has 0 radical (unpaired) electrons. The molecule has 5 heteroatoms. The number of nitrogens with zero attached hydrogens (tertiary/aromatic N) is 1. The topological polar surface area (TPSA) is 67.6 Å². The first-order valence-electron chi connectivity index (χ1n) is 6.94. The molecular weight excluding hydrogens is 254 g/mol. The first kappa shape index (κ1) is 14.7. The van der Waals surface area contributed by atoms with Gasteiger partial charge in [0.2, 0.25) is 0 Å². The lowest BCUT2D eigenvalue weighted by Crippen LogP contribution is -2.48. The molecule has 2 rings (SSSR count). The van der Waals surface area contributed by atoms with Gasteiger partial charge in [0.25, 0.3) is 5.91 Å². The van der Waals surface area contributed by atoms with E-state index in [9.17, 15) is 4.79 Å². The molecule has 2 atom stereocenters. The minimum absolute atomic E-state index is 0.0651. The Morgan fingerprint density at radius 1 is 1.50 bits per heavy atom. The van der Waals surface area contributed by atoms with Gasteiger partial charge in [-0.2, -0.15) is 0 Å². The van der Waals surface area contributed by atoms with E-state index in [1.54, 1.807) is 25.3 Å². The largest absolute Gasteiger partial charge is 0.495 e. The maximum atomic E-state index is 12.3. The molecule has 0 spiro atoms. The highest BCUT2D eigenvalue weighted by molar-refractivity contribution is 5.95. The smallest absolute Gasteiger partial charge is 0.251 e. The summed E-state index contributed by atoms with van der Waals surface area (Å²) in [6, 6.07) is 5.34. The summed E-state index contributed by atoms with van der Waals surface area (Å²) in [6.07, 6.45) is 0.982. The molecule has 110 valence electrons. The summed E-state index contributed by atoms with van der Waals surface area (Å²) in [7, 11) is 3.66. The monoisotopic (exact) mass is 277 g/mol. The summed E-state index contributed by atoms with van der Waals surface area (Å²) in [4.78, 5) is 14.6. The van der Waals surface area contributed by atoms with Crippen molar-refractivity contribution >= 4 is 11.6 Å². The van der Waals surface area contributed by atoms with Crippen molar-refractivity contribution in [1.82, 2.24) is 10.2 Å². The summed E-state index contributed by atoms with van der Waals surface area (Å²) in [5, 5.41) is 3.11. The fourth-order valence-electron chi connectivity index (χ4n) is 2.67. The number of rotatable bonds is 3. The minimum atomic E-state index is -0.0651. The van der Waals surface area contributed by atoms with Crippen LogP contribution in [0.1, 0.15) is 23.7 Å². The number of methoxy groups -OCH3 is 1. The number of hydrogen-bond acceptors (Lipinski definition) is 4. The van der Waals surface area contributed by atoms with Crippen LogP contribution in [-0.2, 0) is 0 Å². The Morgan fingerprint density at radius 2 is 2.25 bits per heavy atom. The number of ether oxygens (including phenoxy) is 1. The standard InChI is InChI=1S/C15H23N3O2/c1-10-9-18(2)7-6-13(10)17-15(19)11-4-5-12(16)14(8-11)20-3/h4-5,8,10,13H,6-7,9,16H2,1-3H3,(H,17,19). The fourth-order valence-corrected chi connectivity index (χ4v) is 2.67. The zero-order valence-corrected chi connectivity index (χ0v) is 12.3. The first-order chi connectivity index (χ1) is 9.51. The van der Waals surface area contributed by atoms with Crippen molar-refractivity contribution < 1.29 is 9.53 Å². The molecule has 3 N–H and O–H groups in total. The average molecular weight is 277 g/mol. The van der Waals surface area contributed by atoms with Crippen molar-refractivity contribution in [2.24, 2.45) is 5.92 Å². The van der Waals surface area contributed by atoms with Crippen LogP contribution >= 0.6 is 0 Å². The predicted molar refractivity (Wildman–Crippen MR) is 79.9 cm³/mol. The van der Waals surface area contributed by atoms with Gasteiger partial charge in [-0.3, -0.25) is 4.79 Å². The molecule has 0 aromatic heterocycles. The van der Waals surface area contributed by atoms with Crippen LogP contribution in [0, 0.1) is 5.92 Å². The molecule has 0 aliphatic carbocycles. The number of carbonyl (C=O) groups excluding carboxylic acids is 1. The zero-order chi connectivity index (χ0) is 14.7. The summed E-state index contributed by atoms with van der Waals surface area (Å²) in [6.45, 7) is 4.19. The van der Waals surface area contributed by atoms with E-state index in [1.807, 2.05) is 0 Å². The second-order valence-corrected chi connectivity index (χ2v) is 5.56. The van der Waals surface area contributed by atoms with Crippen LogP contribution in [0.5, 0.6) is 5.75 Å². The van der Waals surface area contributed by atoms with Crippen molar-refractivity contribution in [3.05, 3.63) is 23.8 Å². The number of carbonyl (C=O) groups is 1. The van der Waals surface area contributed by atoms with Gasteiger partial charge in [0, 0.05) is 18.2 Å². The van der Waals surface area contributed by atoms with E-state index in [1.165, 1.54) is 0 Å². The van der Waals surface area contributed by atoms with Crippen molar-refractivity contribution in [3.8, 4) is 5.75 Å². The third-order valence-corrected chi connectivity index (χ3v) is 3.92. The van der Waals surface area contributed by atoms with Crippen LogP contribution in [0.4, 0.5) is 5.69 Å². The molecule has 5 nitrogen and oxygen atoms in total. The maximum absolute atomic E-state index is 12.3. The predicted octanol–water partition coefficient (Wildman–Crippen LogP) is 1.35. The number of benzene rings is 1. The Kier molecular flexibility index (Phi) is 4.49. The molecule has 2 unspecified atom stereocenters. The molecule has 1 aliphatic rings. The van der Waals surface area contributed by atoms with E-state index >= 15 is 0 Å². The third-order valence-electron chi connectivity index (χ3n) is 3.92. The van der Waals surface area contributed by atoms with Crippen molar-refractivity contribution in [1.29, 1.82) is 0 Å². The summed E-state index contributed by atoms with van der Waals surface area (Å²) < 4.78 is 5.15. The number of likely N-dealkylation sites (tertiary alicyclic amines) is 1. The Hall–Kier alpha value is -1.75. The Morgan fingerprint density at radius 3 is 2.90 bits per heavy atom. The van der Waals surface area contributed by atoms with E-state index in [0.29, 0.717) is 22.9 Å². The number of nitrogens with one attached hydrogen (secondary N) is 1. The molecule has 1 fully saturated rings. The first-order valence-corrected chi connectivity index (χ1v) is 6.94. The molecule has 1 saturated heterocycles. The number of piperidine rings is 1. The molecule has 1 aliphatic heterocycles. The Bertz CT molecular complexity index is 490. The SMILES string of the molecule is COc1cc(C(=O)NC2CCN(C)CC2C)ccc1N. The molecule has 20 heavy (non-hydrogen) atoms. The maximum Gasteiger partial charge on any atom is 0.251 e. The van der Waals surface area contributed by atoms with Crippen molar-refractivity contribution in [2.75, 3.05) is 33.0 Å². The van der Waals surface area contributed by atoms with Crippen LogP contribution in [0.25, 0.3) is 0 Å². The zero-order valence-electron chi connectivity index (χ0n) is 12.3. The van der Waals surface area contributed by atoms with Gasteiger partial charge < -0.3 is 20.7 Å². The van der Waals surface area contributed by atoms with Gasteiger partial charge in [0.15, 0.2) is 0 Å². The van der Waals surface area contributed by atoms with Crippen LogP contribution in [-0.4, -0.2) is 44.1 Å². The van der Waals surface area contributed by atoms with E-state index in [0.717, 1.165) is 19.5 Å². The van der Waals surface area contributed by atoms with E-state index in [-0.39, 0.29) is 11.9 Å². The summed E-state index contributed by atoms with van der Waals surface area (Å²) in [5.41, 5.74) is 6.88. The highest BCUT2D eigenvalue weighted by Crippen LogP contribution is 2.23. The molecular formula is C15H23N3O2. The van der Waals surface area contributed by atoms with Crippen molar-refractivity contribution in [3.63, 3.8) is 0 Å². The molecule has 1 aromatic rings. The minimum Gasteiger partial charge on any atom is -0.495 e. The third kappa shape index (κ3) is 3.22. The number of hydrogen-bond donors (Lipinski definition) is 2. The highest BCUT2D eigenvalue weighted by atomic mass is 16.5. The number of anilines is 1. The van der Waals surface area contributed by atoms with Crippen LogP contribution in [0.3, 0.4) is 0 Å². The Labute approximate surface area is 120 Å². The van der Waals surface area contributed by atoms with E-state index in [2.05, 4.69) is 24.2 Å².